The molecule has 0 aliphatic heterocycles. The van der Waals surface area contributed by atoms with Crippen molar-refractivity contribution in [3.63, 3.8) is 0 Å². The number of nitrogens with one attached hydrogen (secondary N) is 3. The van der Waals surface area contributed by atoms with Crippen LogP contribution >= 0.6 is 11.6 Å². The van der Waals surface area contributed by atoms with Crippen molar-refractivity contribution in [2.75, 3.05) is 19.0 Å². The number of methoxy groups -OCH3 is 1. The number of fused-ring (bicyclic) bond motifs is 2. The number of aromatic nitrogens is 5. The number of ether oxygens (including phenoxy) is 1. The molecular weight excluding hydrogens is 328 g/mol. The van der Waals surface area contributed by atoms with E-state index in [1.54, 1.807) is 13.4 Å². The van der Waals surface area contributed by atoms with E-state index < -0.39 is 0 Å². The van der Waals surface area contributed by atoms with E-state index in [2.05, 4.69) is 30.2 Å². The van der Waals surface area contributed by atoms with Gasteiger partial charge in [-0.2, -0.15) is 9.97 Å². The van der Waals surface area contributed by atoms with E-state index >= 15 is 0 Å². The summed E-state index contributed by atoms with van der Waals surface area (Å²) < 4.78 is 5.30. The van der Waals surface area contributed by atoms with Crippen molar-refractivity contribution in [3.8, 4) is 5.75 Å². The first-order valence-electron chi connectivity index (χ1n) is 7.49. The molecule has 7 nitrogen and oxygen atoms in total. The van der Waals surface area contributed by atoms with E-state index in [0.29, 0.717) is 18.0 Å². The summed E-state index contributed by atoms with van der Waals surface area (Å²) in [6.07, 6.45) is 4.42. The Balaban J connectivity index is 1.54. The number of H-pyrrole nitrogens is 2. The molecule has 8 heteroatoms. The normalized spacial score (nSPS) is 11.2. The second kappa shape index (κ2) is 6.01. The fraction of sp³-hybridized carbons (Fsp3) is 0.188. The van der Waals surface area contributed by atoms with Gasteiger partial charge in [0.15, 0.2) is 11.5 Å². The molecule has 122 valence electrons. The van der Waals surface area contributed by atoms with Crippen LogP contribution in [0, 0.1) is 0 Å². The van der Waals surface area contributed by atoms with Crippen LogP contribution in [0.4, 0.5) is 5.82 Å². The van der Waals surface area contributed by atoms with Gasteiger partial charge in [-0.1, -0.05) is 0 Å². The summed E-state index contributed by atoms with van der Waals surface area (Å²) >= 11 is 5.94. The molecule has 0 radical (unpaired) electrons. The topological polar surface area (TPSA) is 91.5 Å². The van der Waals surface area contributed by atoms with Gasteiger partial charge in [-0.25, -0.2) is 4.98 Å². The minimum absolute atomic E-state index is 0.175. The molecule has 0 bridgehead atoms. The van der Waals surface area contributed by atoms with Crippen molar-refractivity contribution < 1.29 is 4.74 Å². The third-order valence-electron chi connectivity index (χ3n) is 3.92. The highest BCUT2D eigenvalue weighted by atomic mass is 35.5. The molecule has 0 unspecified atom stereocenters. The van der Waals surface area contributed by atoms with Crippen molar-refractivity contribution in [1.82, 2.24) is 24.9 Å². The van der Waals surface area contributed by atoms with Crippen LogP contribution in [0.3, 0.4) is 0 Å². The van der Waals surface area contributed by atoms with Crippen LogP contribution in [-0.2, 0) is 6.42 Å². The highest BCUT2D eigenvalue weighted by molar-refractivity contribution is 6.28. The summed E-state index contributed by atoms with van der Waals surface area (Å²) in [5, 5.41) is 4.63. The Hall–Kier alpha value is -2.80. The monoisotopic (exact) mass is 342 g/mol. The summed E-state index contributed by atoms with van der Waals surface area (Å²) in [5.74, 6) is 1.50. The van der Waals surface area contributed by atoms with Crippen LogP contribution in [0.2, 0.25) is 5.28 Å². The van der Waals surface area contributed by atoms with Gasteiger partial charge >= 0.3 is 0 Å². The van der Waals surface area contributed by atoms with Gasteiger partial charge in [-0.05, 0) is 41.8 Å². The van der Waals surface area contributed by atoms with Crippen LogP contribution in [-0.4, -0.2) is 38.6 Å². The molecule has 0 aliphatic carbocycles. The molecule has 0 saturated carbocycles. The van der Waals surface area contributed by atoms with E-state index in [4.69, 9.17) is 16.3 Å². The number of nitrogens with zero attached hydrogens (tertiary/aromatic N) is 3. The lowest BCUT2D eigenvalue weighted by molar-refractivity contribution is 0.415. The summed E-state index contributed by atoms with van der Waals surface area (Å²) in [5.41, 5.74) is 3.60. The maximum Gasteiger partial charge on any atom is 0.226 e. The first-order valence-corrected chi connectivity index (χ1v) is 7.87. The molecule has 3 N–H and O–H groups in total. The van der Waals surface area contributed by atoms with Gasteiger partial charge in [0.2, 0.25) is 5.28 Å². The second-order valence-electron chi connectivity index (χ2n) is 5.34. The van der Waals surface area contributed by atoms with E-state index in [-0.39, 0.29) is 5.28 Å². The third-order valence-corrected chi connectivity index (χ3v) is 4.09. The fourth-order valence-electron chi connectivity index (χ4n) is 2.74. The van der Waals surface area contributed by atoms with Crippen molar-refractivity contribution in [3.05, 3.63) is 41.6 Å². The predicted octanol–water partition coefficient (Wildman–Crippen LogP) is 3.15. The average molecular weight is 343 g/mol. The van der Waals surface area contributed by atoms with E-state index in [1.807, 2.05) is 24.4 Å². The molecule has 0 amide bonds. The SMILES string of the molecule is COc1ccc2[nH]cc(CCNc3nc(Cl)nc4nc[nH]c34)c2c1. The summed E-state index contributed by atoms with van der Waals surface area (Å²) in [6.45, 7) is 0.700. The van der Waals surface area contributed by atoms with Gasteiger partial charge < -0.3 is 20.0 Å². The quantitative estimate of drug-likeness (QED) is 0.485. The molecule has 24 heavy (non-hydrogen) atoms. The van der Waals surface area contributed by atoms with Gasteiger partial charge in [0.25, 0.3) is 0 Å². The number of hydrogen-bond donors (Lipinski definition) is 3. The number of rotatable bonds is 5. The molecule has 4 aromatic rings. The number of benzene rings is 1. The number of anilines is 1. The Morgan fingerprint density at radius 2 is 2.17 bits per heavy atom. The number of aromatic amines is 2. The van der Waals surface area contributed by atoms with E-state index in [1.165, 1.54) is 5.56 Å². The largest absolute Gasteiger partial charge is 0.497 e. The Morgan fingerprint density at radius 1 is 1.25 bits per heavy atom. The molecule has 1 aromatic carbocycles. The predicted molar refractivity (Wildman–Crippen MR) is 93.7 cm³/mol. The minimum atomic E-state index is 0.175. The molecule has 0 aliphatic rings. The van der Waals surface area contributed by atoms with Crippen LogP contribution in [0.1, 0.15) is 5.56 Å². The zero-order chi connectivity index (χ0) is 16.5. The molecule has 0 saturated heterocycles. The third kappa shape index (κ3) is 2.63. The number of imidazole rings is 1. The molecule has 0 atom stereocenters. The molecule has 0 fully saturated rings. The lowest BCUT2D eigenvalue weighted by atomic mass is 10.1. The van der Waals surface area contributed by atoms with Crippen molar-refractivity contribution in [2.24, 2.45) is 0 Å². The van der Waals surface area contributed by atoms with Crippen molar-refractivity contribution in [1.29, 1.82) is 0 Å². The Labute approximate surface area is 142 Å². The first-order chi connectivity index (χ1) is 11.7. The van der Waals surface area contributed by atoms with Crippen LogP contribution in [0.5, 0.6) is 5.75 Å². The van der Waals surface area contributed by atoms with Gasteiger partial charge in [0.1, 0.15) is 11.3 Å². The second-order valence-corrected chi connectivity index (χ2v) is 5.68. The lowest BCUT2D eigenvalue weighted by Gasteiger charge is -2.06. The maximum atomic E-state index is 5.94. The maximum absolute atomic E-state index is 5.94. The summed E-state index contributed by atoms with van der Waals surface area (Å²) in [6, 6.07) is 6.00. The molecule has 4 rings (SSSR count). The molecule has 0 spiro atoms. The van der Waals surface area contributed by atoms with Gasteiger partial charge in [-0.15, -0.1) is 0 Å². The van der Waals surface area contributed by atoms with E-state index in [9.17, 15) is 0 Å². The van der Waals surface area contributed by atoms with Gasteiger partial charge in [0.05, 0.1) is 13.4 Å². The molecule has 3 aromatic heterocycles. The standard InChI is InChI=1S/C16H15ClN6O/c1-24-10-2-3-12-11(6-10)9(7-19-12)4-5-18-14-13-15(21-8-20-13)23-16(17)22-14/h2-3,6-8,19H,4-5H2,1H3,(H2,18,20,21,22,23). The zero-order valence-corrected chi connectivity index (χ0v) is 13.7. The molecule has 3 heterocycles. The van der Waals surface area contributed by atoms with Crippen LogP contribution in [0.25, 0.3) is 22.1 Å². The highest BCUT2D eigenvalue weighted by Crippen LogP contribution is 2.24. The summed E-state index contributed by atoms with van der Waals surface area (Å²) in [7, 11) is 1.67. The summed E-state index contributed by atoms with van der Waals surface area (Å²) in [4.78, 5) is 18.7. The minimum Gasteiger partial charge on any atom is -0.497 e. The van der Waals surface area contributed by atoms with Crippen molar-refractivity contribution in [2.45, 2.75) is 6.42 Å². The lowest BCUT2D eigenvalue weighted by Crippen LogP contribution is -2.07. The molecular formula is C16H15ClN6O. The van der Waals surface area contributed by atoms with E-state index in [0.717, 1.165) is 28.6 Å². The number of hydrogen-bond acceptors (Lipinski definition) is 5. The number of halogens is 1. The van der Waals surface area contributed by atoms with Gasteiger partial charge in [-0.3, -0.25) is 0 Å². The zero-order valence-electron chi connectivity index (χ0n) is 12.9. The average Bonchev–Trinajstić information content (AvgIpc) is 3.21. The Kier molecular flexibility index (Phi) is 3.70. The van der Waals surface area contributed by atoms with Gasteiger partial charge in [0, 0.05) is 23.6 Å². The Morgan fingerprint density at radius 3 is 3.04 bits per heavy atom. The van der Waals surface area contributed by atoms with Crippen LogP contribution in [0.15, 0.2) is 30.7 Å². The first kappa shape index (κ1) is 14.8. The Bertz CT molecular complexity index is 1010. The highest BCUT2D eigenvalue weighted by Gasteiger charge is 2.09. The van der Waals surface area contributed by atoms with Crippen molar-refractivity contribution >= 4 is 39.5 Å². The van der Waals surface area contributed by atoms with Crippen LogP contribution < -0.4 is 10.1 Å². The smallest absolute Gasteiger partial charge is 0.226 e. The fourth-order valence-corrected chi connectivity index (χ4v) is 2.91.